The van der Waals surface area contributed by atoms with E-state index < -0.39 is 29.7 Å². The van der Waals surface area contributed by atoms with E-state index in [1.165, 1.54) is 6.07 Å². The molecule has 0 saturated heterocycles. The smallest absolute Gasteiger partial charge is 0.326 e. The topological polar surface area (TPSA) is 78.4 Å². The van der Waals surface area contributed by atoms with Gasteiger partial charge in [0.15, 0.2) is 0 Å². The molecule has 0 unspecified atom stereocenters. The summed E-state index contributed by atoms with van der Waals surface area (Å²) < 4.78 is 26.1. The Morgan fingerprint density at radius 1 is 1.29 bits per heavy atom. The highest BCUT2D eigenvalue weighted by atomic mass is 19.1. The van der Waals surface area contributed by atoms with Crippen molar-refractivity contribution in [3.8, 4) is 0 Å². The number of rotatable bonds is 6. The number of carboxylic acid groups (broad SMARTS) is 1. The summed E-state index contributed by atoms with van der Waals surface area (Å²) in [7, 11) is 0. The van der Waals surface area contributed by atoms with Gasteiger partial charge in [-0.1, -0.05) is 19.9 Å². The van der Waals surface area contributed by atoms with Gasteiger partial charge in [0.2, 0.25) is 0 Å². The lowest BCUT2D eigenvalue weighted by molar-refractivity contribution is -0.139. The zero-order valence-corrected chi connectivity index (χ0v) is 11.8. The maximum absolute atomic E-state index is 13.4. The summed E-state index contributed by atoms with van der Waals surface area (Å²) in [4.78, 5) is 22.6. The second-order valence-electron chi connectivity index (χ2n) is 5.08. The number of amides is 2. The molecule has 3 N–H and O–H groups in total. The van der Waals surface area contributed by atoms with E-state index in [2.05, 4.69) is 10.6 Å². The minimum atomic E-state index is -1.13. The molecule has 21 heavy (non-hydrogen) atoms. The van der Waals surface area contributed by atoms with Crippen LogP contribution in [0.15, 0.2) is 18.2 Å². The van der Waals surface area contributed by atoms with Gasteiger partial charge < -0.3 is 15.7 Å². The number of carboxylic acids is 1. The Balaban J connectivity index is 2.54. The van der Waals surface area contributed by atoms with Gasteiger partial charge in [-0.25, -0.2) is 18.4 Å². The van der Waals surface area contributed by atoms with Crippen LogP contribution in [-0.4, -0.2) is 23.1 Å². The van der Waals surface area contributed by atoms with E-state index in [1.54, 1.807) is 0 Å². The number of aliphatic carboxylic acids is 1. The van der Waals surface area contributed by atoms with Crippen molar-refractivity contribution >= 4 is 12.0 Å². The van der Waals surface area contributed by atoms with E-state index >= 15 is 0 Å². The third-order valence-electron chi connectivity index (χ3n) is 2.77. The van der Waals surface area contributed by atoms with Gasteiger partial charge in [-0.15, -0.1) is 0 Å². The Morgan fingerprint density at radius 3 is 2.48 bits per heavy atom. The van der Waals surface area contributed by atoms with Crippen LogP contribution in [-0.2, 0) is 11.3 Å². The van der Waals surface area contributed by atoms with Crippen LogP contribution in [0.2, 0.25) is 0 Å². The Kier molecular flexibility index (Phi) is 6.08. The van der Waals surface area contributed by atoms with Crippen LogP contribution in [0.3, 0.4) is 0 Å². The van der Waals surface area contributed by atoms with Gasteiger partial charge in [-0.2, -0.15) is 0 Å². The van der Waals surface area contributed by atoms with Gasteiger partial charge >= 0.3 is 12.0 Å². The van der Waals surface area contributed by atoms with Gasteiger partial charge in [0, 0.05) is 18.2 Å². The Morgan fingerprint density at radius 2 is 1.95 bits per heavy atom. The molecule has 0 aliphatic carbocycles. The number of carbonyl (C=O) groups excluding carboxylic acids is 1. The molecule has 116 valence electrons. The van der Waals surface area contributed by atoms with Crippen LogP contribution in [0.25, 0.3) is 0 Å². The number of benzene rings is 1. The minimum Gasteiger partial charge on any atom is -0.480 e. The molecule has 0 fully saturated rings. The number of halogens is 2. The summed E-state index contributed by atoms with van der Waals surface area (Å²) in [6, 6.07) is 1.29. The summed E-state index contributed by atoms with van der Waals surface area (Å²) in [5, 5.41) is 13.6. The van der Waals surface area contributed by atoms with Gasteiger partial charge in [-0.05, 0) is 18.4 Å². The molecule has 0 aliphatic heterocycles. The van der Waals surface area contributed by atoms with Gasteiger partial charge in [0.25, 0.3) is 0 Å². The van der Waals surface area contributed by atoms with Crippen LogP contribution in [0.4, 0.5) is 13.6 Å². The Bertz CT molecular complexity index is 521. The molecule has 0 aromatic heterocycles. The van der Waals surface area contributed by atoms with Gasteiger partial charge in [-0.3, -0.25) is 0 Å². The third kappa shape index (κ3) is 5.76. The van der Waals surface area contributed by atoms with Gasteiger partial charge in [0.1, 0.15) is 17.7 Å². The van der Waals surface area contributed by atoms with Crippen molar-refractivity contribution < 1.29 is 23.5 Å². The minimum absolute atomic E-state index is 0.0981. The van der Waals surface area contributed by atoms with E-state index in [0.717, 1.165) is 6.07 Å². The standard InChI is InChI=1S/C14H18F2N2O3/c1-8(2)5-12(13(19)20)18-14(21)17-7-9-3-4-10(15)6-11(9)16/h3-4,6,8,12H,5,7H2,1-2H3,(H,19,20)(H2,17,18,21)/t12-/m0/s1. The molecular formula is C14H18F2N2O3. The van der Waals surface area contributed by atoms with Crippen LogP contribution in [0, 0.1) is 17.6 Å². The fourth-order valence-electron chi connectivity index (χ4n) is 1.74. The molecule has 1 atom stereocenters. The summed E-state index contributed by atoms with van der Waals surface area (Å²) in [5.74, 6) is -2.51. The second-order valence-corrected chi connectivity index (χ2v) is 5.08. The molecule has 1 aromatic rings. The predicted octanol–water partition coefficient (Wildman–Crippen LogP) is 2.26. The summed E-state index contributed by atoms with van der Waals surface area (Å²) in [5.41, 5.74) is 0.113. The van der Waals surface area contributed by atoms with Crippen LogP contribution in [0.5, 0.6) is 0 Å². The van der Waals surface area contributed by atoms with E-state index in [4.69, 9.17) is 5.11 Å². The molecule has 1 rings (SSSR count). The van der Waals surface area contributed by atoms with E-state index in [9.17, 15) is 18.4 Å². The van der Waals surface area contributed by atoms with Crippen molar-refractivity contribution in [1.82, 2.24) is 10.6 Å². The summed E-state index contributed by atoms with van der Waals surface area (Å²) >= 11 is 0. The first-order valence-corrected chi connectivity index (χ1v) is 6.50. The normalized spacial score (nSPS) is 12.0. The first-order chi connectivity index (χ1) is 9.79. The highest BCUT2D eigenvalue weighted by Gasteiger charge is 2.20. The van der Waals surface area contributed by atoms with E-state index in [-0.39, 0.29) is 24.4 Å². The quantitative estimate of drug-likeness (QED) is 0.754. The van der Waals surface area contributed by atoms with Gasteiger partial charge in [0.05, 0.1) is 0 Å². The molecule has 0 bridgehead atoms. The van der Waals surface area contributed by atoms with E-state index in [0.29, 0.717) is 6.07 Å². The van der Waals surface area contributed by atoms with Crippen molar-refractivity contribution in [3.05, 3.63) is 35.4 Å². The average molecular weight is 300 g/mol. The molecule has 0 radical (unpaired) electrons. The van der Waals surface area contributed by atoms with E-state index in [1.807, 2.05) is 13.8 Å². The van der Waals surface area contributed by atoms with Crippen LogP contribution in [0.1, 0.15) is 25.8 Å². The molecule has 0 saturated carbocycles. The van der Waals surface area contributed by atoms with Crippen LogP contribution < -0.4 is 10.6 Å². The SMILES string of the molecule is CC(C)C[C@H](NC(=O)NCc1ccc(F)cc1F)C(=O)O. The lowest BCUT2D eigenvalue weighted by atomic mass is 10.0. The highest BCUT2D eigenvalue weighted by molar-refractivity contribution is 5.82. The average Bonchev–Trinajstić information content (AvgIpc) is 2.36. The third-order valence-corrected chi connectivity index (χ3v) is 2.77. The Labute approximate surface area is 121 Å². The largest absolute Gasteiger partial charge is 0.480 e. The fraction of sp³-hybridized carbons (Fsp3) is 0.429. The van der Waals surface area contributed by atoms with Crippen LogP contribution >= 0.6 is 0 Å². The molecular weight excluding hydrogens is 282 g/mol. The maximum Gasteiger partial charge on any atom is 0.326 e. The van der Waals surface area contributed by atoms with Crippen molar-refractivity contribution in [1.29, 1.82) is 0 Å². The van der Waals surface area contributed by atoms with Crippen molar-refractivity contribution in [3.63, 3.8) is 0 Å². The second kappa shape index (κ2) is 7.56. The molecule has 2 amide bonds. The summed E-state index contributed by atoms with van der Waals surface area (Å²) in [6.07, 6.45) is 0.285. The molecule has 1 aromatic carbocycles. The van der Waals surface area contributed by atoms with Crippen molar-refractivity contribution in [2.24, 2.45) is 5.92 Å². The first-order valence-electron chi connectivity index (χ1n) is 6.50. The number of nitrogens with one attached hydrogen (secondary N) is 2. The monoisotopic (exact) mass is 300 g/mol. The highest BCUT2D eigenvalue weighted by Crippen LogP contribution is 2.09. The predicted molar refractivity (Wildman–Crippen MR) is 72.6 cm³/mol. The molecule has 0 aliphatic rings. The molecule has 0 spiro atoms. The lowest BCUT2D eigenvalue weighted by Gasteiger charge is -2.17. The number of carbonyl (C=O) groups is 2. The number of hydrogen-bond acceptors (Lipinski definition) is 2. The molecule has 5 nitrogen and oxygen atoms in total. The molecule has 0 heterocycles. The lowest BCUT2D eigenvalue weighted by Crippen LogP contribution is -2.46. The maximum atomic E-state index is 13.4. The number of hydrogen-bond donors (Lipinski definition) is 3. The summed E-state index contributed by atoms with van der Waals surface area (Å²) in [6.45, 7) is 3.51. The van der Waals surface area contributed by atoms with Crippen molar-refractivity contribution in [2.45, 2.75) is 32.9 Å². The zero-order valence-electron chi connectivity index (χ0n) is 11.8. The fourth-order valence-corrected chi connectivity index (χ4v) is 1.74. The number of urea groups is 1. The zero-order chi connectivity index (χ0) is 16.0. The first kappa shape index (κ1) is 16.9. The van der Waals surface area contributed by atoms with Crippen molar-refractivity contribution in [2.75, 3.05) is 0 Å². The molecule has 7 heteroatoms. The Hall–Kier alpha value is -2.18.